The molecular weight excluding hydrogens is 198 g/mol. The number of rotatable bonds is 3. The summed E-state index contributed by atoms with van der Waals surface area (Å²) < 4.78 is 0. The topological polar surface area (TPSA) is 20.3 Å². The van der Waals surface area contributed by atoms with Crippen LogP contribution < -0.4 is 0 Å². The molecule has 1 heterocycles. The molecular formula is C14H25NO. The van der Waals surface area contributed by atoms with Crippen molar-refractivity contribution < 1.29 is 4.79 Å². The molecule has 1 aliphatic heterocycles. The van der Waals surface area contributed by atoms with Crippen molar-refractivity contribution in [2.75, 3.05) is 13.1 Å². The normalized spacial score (nSPS) is 18.8. The van der Waals surface area contributed by atoms with Gasteiger partial charge in [-0.1, -0.05) is 32.4 Å². The lowest BCUT2D eigenvalue weighted by molar-refractivity contribution is -0.137. The van der Waals surface area contributed by atoms with Gasteiger partial charge in [0, 0.05) is 19.0 Å². The van der Waals surface area contributed by atoms with Gasteiger partial charge in [-0.2, -0.15) is 0 Å². The van der Waals surface area contributed by atoms with Gasteiger partial charge in [0.1, 0.15) is 0 Å². The second kappa shape index (κ2) is 6.07. The largest absolute Gasteiger partial charge is 0.342 e. The maximum Gasteiger partial charge on any atom is 0.225 e. The fourth-order valence-corrected chi connectivity index (χ4v) is 2.47. The summed E-state index contributed by atoms with van der Waals surface area (Å²) in [5.74, 6) is 1.04. The Morgan fingerprint density at radius 2 is 1.94 bits per heavy atom. The van der Waals surface area contributed by atoms with Crippen LogP contribution in [0.3, 0.4) is 0 Å². The summed E-state index contributed by atoms with van der Waals surface area (Å²) in [5, 5.41) is 0. The molecule has 2 heteroatoms. The van der Waals surface area contributed by atoms with E-state index in [1.165, 1.54) is 5.57 Å². The smallest absolute Gasteiger partial charge is 0.225 e. The lowest BCUT2D eigenvalue weighted by atomic mass is 9.91. The second-order valence-electron chi connectivity index (χ2n) is 5.03. The number of allylic oxidation sites excluding steroid dienone is 1. The van der Waals surface area contributed by atoms with Crippen LogP contribution in [0, 0.1) is 11.8 Å². The lowest BCUT2D eigenvalue weighted by Gasteiger charge is -2.32. The molecule has 1 aliphatic rings. The fourth-order valence-electron chi connectivity index (χ4n) is 2.47. The van der Waals surface area contributed by atoms with Gasteiger partial charge in [0.05, 0.1) is 0 Å². The monoisotopic (exact) mass is 223 g/mol. The van der Waals surface area contributed by atoms with E-state index in [0.29, 0.717) is 11.8 Å². The first-order valence-corrected chi connectivity index (χ1v) is 6.53. The van der Waals surface area contributed by atoms with Crippen molar-refractivity contribution in [3.8, 4) is 0 Å². The van der Waals surface area contributed by atoms with Crippen LogP contribution in [0.1, 0.15) is 47.0 Å². The number of carbonyl (C=O) groups excluding carboxylic acids is 1. The van der Waals surface area contributed by atoms with Crippen LogP contribution in [0.2, 0.25) is 0 Å². The molecule has 0 saturated carbocycles. The highest BCUT2D eigenvalue weighted by Crippen LogP contribution is 2.22. The van der Waals surface area contributed by atoms with Gasteiger partial charge in [-0.3, -0.25) is 4.79 Å². The summed E-state index contributed by atoms with van der Waals surface area (Å²) in [6.45, 7) is 10.3. The Kier molecular flexibility index (Phi) is 5.04. The van der Waals surface area contributed by atoms with Crippen LogP contribution in [0.15, 0.2) is 11.6 Å². The van der Waals surface area contributed by atoms with Crippen molar-refractivity contribution in [2.45, 2.75) is 47.0 Å². The highest BCUT2D eigenvalue weighted by atomic mass is 16.2. The van der Waals surface area contributed by atoms with Crippen molar-refractivity contribution in [2.24, 2.45) is 11.8 Å². The zero-order chi connectivity index (χ0) is 12.1. The van der Waals surface area contributed by atoms with Gasteiger partial charge in [0.25, 0.3) is 0 Å². The van der Waals surface area contributed by atoms with E-state index in [0.717, 1.165) is 32.4 Å². The SMILES string of the molecule is CC=C1CCN(C(=O)C(CC)C(C)C)CC1. The quantitative estimate of drug-likeness (QED) is 0.673. The average Bonchev–Trinajstić information content (AvgIpc) is 2.29. The van der Waals surface area contributed by atoms with E-state index >= 15 is 0 Å². The van der Waals surface area contributed by atoms with E-state index < -0.39 is 0 Å². The first-order chi connectivity index (χ1) is 7.60. The maximum atomic E-state index is 12.3. The number of piperidine rings is 1. The zero-order valence-corrected chi connectivity index (χ0v) is 11.1. The molecule has 1 rings (SSSR count). The lowest BCUT2D eigenvalue weighted by Crippen LogP contribution is -2.41. The van der Waals surface area contributed by atoms with Gasteiger partial charge in [0.2, 0.25) is 5.91 Å². The minimum atomic E-state index is 0.215. The molecule has 1 amide bonds. The van der Waals surface area contributed by atoms with E-state index in [-0.39, 0.29) is 5.92 Å². The highest BCUT2D eigenvalue weighted by Gasteiger charge is 2.26. The predicted molar refractivity (Wildman–Crippen MR) is 68.2 cm³/mol. The first-order valence-electron chi connectivity index (χ1n) is 6.53. The number of carbonyl (C=O) groups is 1. The Labute approximate surface area is 99.7 Å². The summed E-state index contributed by atoms with van der Waals surface area (Å²) in [6, 6.07) is 0. The molecule has 0 aromatic carbocycles. The zero-order valence-electron chi connectivity index (χ0n) is 11.1. The molecule has 0 aliphatic carbocycles. The Hall–Kier alpha value is -0.790. The van der Waals surface area contributed by atoms with Crippen molar-refractivity contribution in [3.63, 3.8) is 0 Å². The van der Waals surface area contributed by atoms with Crippen LogP contribution in [0.5, 0.6) is 0 Å². The van der Waals surface area contributed by atoms with Crippen molar-refractivity contribution in [1.29, 1.82) is 0 Å². The Bertz CT molecular complexity index is 258. The van der Waals surface area contributed by atoms with Gasteiger partial charge in [-0.15, -0.1) is 0 Å². The van der Waals surface area contributed by atoms with Gasteiger partial charge < -0.3 is 4.90 Å². The Balaban J connectivity index is 2.55. The Morgan fingerprint density at radius 3 is 2.31 bits per heavy atom. The first kappa shape index (κ1) is 13.3. The predicted octanol–water partition coefficient (Wildman–Crippen LogP) is 3.24. The number of nitrogens with zero attached hydrogens (tertiary/aromatic N) is 1. The fraction of sp³-hybridized carbons (Fsp3) is 0.786. The molecule has 0 aromatic rings. The minimum Gasteiger partial charge on any atom is -0.342 e. The minimum absolute atomic E-state index is 0.215. The summed E-state index contributed by atoms with van der Waals surface area (Å²) >= 11 is 0. The van der Waals surface area contributed by atoms with E-state index in [9.17, 15) is 4.79 Å². The second-order valence-corrected chi connectivity index (χ2v) is 5.03. The standard InChI is InChI=1S/C14H25NO/c1-5-12-7-9-15(10-8-12)14(16)13(6-2)11(3)4/h5,11,13H,6-10H2,1-4H3. The summed E-state index contributed by atoms with van der Waals surface area (Å²) in [5.41, 5.74) is 1.50. The number of hydrogen-bond acceptors (Lipinski definition) is 1. The van der Waals surface area contributed by atoms with Crippen LogP contribution >= 0.6 is 0 Å². The van der Waals surface area contributed by atoms with Gasteiger partial charge in [0.15, 0.2) is 0 Å². The van der Waals surface area contributed by atoms with Gasteiger partial charge in [-0.05, 0) is 32.1 Å². The third kappa shape index (κ3) is 3.10. The van der Waals surface area contributed by atoms with Crippen LogP contribution in [0.4, 0.5) is 0 Å². The van der Waals surface area contributed by atoms with Crippen molar-refractivity contribution >= 4 is 5.91 Å². The molecule has 1 unspecified atom stereocenters. The molecule has 16 heavy (non-hydrogen) atoms. The molecule has 1 atom stereocenters. The summed E-state index contributed by atoms with van der Waals surface area (Å²) in [6.07, 6.45) is 5.29. The molecule has 0 aromatic heterocycles. The van der Waals surface area contributed by atoms with E-state index in [1.54, 1.807) is 0 Å². The molecule has 1 fully saturated rings. The van der Waals surface area contributed by atoms with E-state index in [1.807, 2.05) is 0 Å². The highest BCUT2D eigenvalue weighted by molar-refractivity contribution is 5.79. The molecule has 0 N–H and O–H groups in total. The third-order valence-electron chi connectivity index (χ3n) is 3.69. The van der Waals surface area contributed by atoms with Crippen molar-refractivity contribution in [1.82, 2.24) is 4.90 Å². The van der Waals surface area contributed by atoms with E-state index in [4.69, 9.17) is 0 Å². The van der Waals surface area contributed by atoms with Crippen molar-refractivity contribution in [3.05, 3.63) is 11.6 Å². The number of hydrogen-bond donors (Lipinski definition) is 0. The van der Waals surface area contributed by atoms with E-state index in [2.05, 4.69) is 38.7 Å². The van der Waals surface area contributed by atoms with Gasteiger partial charge in [-0.25, -0.2) is 0 Å². The number of likely N-dealkylation sites (tertiary alicyclic amines) is 1. The van der Waals surface area contributed by atoms with Gasteiger partial charge >= 0.3 is 0 Å². The summed E-state index contributed by atoms with van der Waals surface area (Å²) in [7, 11) is 0. The molecule has 0 bridgehead atoms. The third-order valence-corrected chi connectivity index (χ3v) is 3.69. The molecule has 0 radical (unpaired) electrons. The molecule has 1 saturated heterocycles. The number of amides is 1. The summed E-state index contributed by atoms with van der Waals surface area (Å²) in [4.78, 5) is 14.3. The average molecular weight is 223 g/mol. The van der Waals surface area contributed by atoms with Crippen LogP contribution in [0.25, 0.3) is 0 Å². The molecule has 92 valence electrons. The Morgan fingerprint density at radius 1 is 1.38 bits per heavy atom. The van der Waals surface area contributed by atoms with Crippen LogP contribution in [-0.4, -0.2) is 23.9 Å². The molecule has 0 spiro atoms. The van der Waals surface area contributed by atoms with Crippen LogP contribution in [-0.2, 0) is 4.79 Å². The maximum absolute atomic E-state index is 12.3. The molecule has 2 nitrogen and oxygen atoms in total.